The summed E-state index contributed by atoms with van der Waals surface area (Å²) < 4.78 is 23.3. The van der Waals surface area contributed by atoms with Crippen molar-refractivity contribution in [2.24, 2.45) is 0 Å². The quantitative estimate of drug-likeness (QED) is 0.886. The normalized spacial score (nSPS) is 18.8. The highest BCUT2D eigenvalue weighted by Gasteiger charge is 2.20. The van der Waals surface area contributed by atoms with Crippen molar-refractivity contribution in [3.05, 3.63) is 18.3 Å². The number of aromatic nitrogens is 1. The van der Waals surface area contributed by atoms with Crippen molar-refractivity contribution < 1.29 is 8.42 Å². The number of likely N-dealkylation sites (tertiary alicyclic amines) is 1. The number of hydrogen-bond acceptors (Lipinski definition) is 5. The molecule has 0 spiro atoms. The highest BCUT2D eigenvalue weighted by atomic mass is 32.2. The Morgan fingerprint density at radius 1 is 1.39 bits per heavy atom. The maximum atomic E-state index is 11.7. The molecule has 0 saturated carbocycles. The van der Waals surface area contributed by atoms with Gasteiger partial charge in [-0.3, -0.25) is 0 Å². The smallest absolute Gasteiger partial charge is 0.179 e. The van der Waals surface area contributed by atoms with Crippen LogP contribution in [0.3, 0.4) is 0 Å². The van der Waals surface area contributed by atoms with E-state index in [-0.39, 0.29) is 4.90 Å². The topological polar surface area (TPSA) is 62.3 Å². The lowest BCUT2D eigenvalue weighted by molar-refractivity contribution is 0.263. The number of sulfone groups is 1. The number of anilines is 1. The van der Waals surface area contributed by atoms with Gasteiger partial charge >= 0.3 is 0 Å². The van der Waals surface area contributed by atoms with Crippen LogP contribution in [0.1, 0.15) is 12.8 Å². The molecule has 6 heteroatoms. The van der Waals surface area contributed by atoms with Crippen molar-refractivity contribution in [3.63, 3.8) is 0 Å². The van der Waals surface area contributed by atoms with Gasteiger partial charge in [-0.05, 0) is 45.1 Å². The van der Waals surface area contributed by atoms with Gasteiger partial charge < -0.3 is 10.2 Å². The minimum Gasteiger partial charge on any atom is -0.366 e. The van der Waals surface area contributed by atoms with Crippen molar-refractivity contribution >= 4 is 15.7 Å². The van der Waals surface area contributed by atoms with Crippen LogP contribution in [0.25, 0.3) is 0 Å². The third-order valence-corrected chi connectivity index (χ3v) is 4.36. The van der Waals surface area contributed by atoms with E-state index in [0.29, 0.717) is 11.9 Å². The number of nitrogens with zero attached hydrogens (tertiary/aromatic N) is 2. The lowest BCUT2D eigenvalue weighted by atomic mass is 10.1. The monoisotopic (exact) mass is 269 g/mol. The first-order chi connectivity index (χ1) is 8.47. The van der Waals surface area contributed by atoms with Crippen molar-refractivity contribution in [1.29, 1.82) is 0 Å². The number of rotatable bonds is 3. The summed E-state index contributed by atoms with van der Waals surface area (Å²) in [6, 6.07) is 3.55. The van der Waals surface area contributed by atoms with Crippen LogP contribution < -0.4 is 5.32 Å². The zero-order chi connectivity index (χ0) is 13.2. The molecule has 0 atom stereocenters. The second kappa shape index (κ2) is 5.24. The summed E-state index contributed by atoms with van der Waals surface area (Å²) in [4.78, 5) is 6.71. The van der Waals surface area contributed by atoms with Gasteiger partial charge in [0.15, 0.2) is 9.84 Å². The molecule has 1 saturated heterocycles. The number of piperidine rings is 1. The van der Waals surface area contributed by atoms with Gasteiger partial charge in [-0.2, -0.15) is 0 Å². The van der Waals surface area contributed by atoms with E-state index in [9.17, 15) is 8.42 Å². The second-order valence-corrected chi connectivity index (χ2v) is 6.83. The maximum Gasteiger partial charge on any atom is 0.179 e. The molecule has 0 unspecified atom stereocenters. The van der Waals surface area contributed by atoms with Gasteiger partial charge in [-0.1, -0.05) is 0 Å². The Hall–Kier alpha value is -1.14. The van der Waals surface area contributed by atoms with Crippen molar-refractivity contribution in [2.75, 3.05) is 31.7 Å². The molecule has 2 rings (SSSR count). The minimum atomic E-state index is -3.23. The van der Waals surface area contributed by atoms with Crippen LogP contribution in [-0.2, 0) is 9.84 Å². The molecule has 1 aromatic heterocycles. The Bertz CT molecular complexity index is 508. The highest BCUT2D eigenvalue weighted by molar-refractivity contribution is 7.90. The average molecular weight is 269 g/mol. The predicted molar refractivity (Wildman–Crippen MR) is 71.5 cm³/mol. The molecule has 1 fully saturated rings. The van der Waals surface area contributed by atoms with E-state index in [0.717, 1.165) is 25.9 Å². The van der Waals surface area contributed by atoms with Gasteiger partial charge in [0.25, 0.3) is 0 Å². The SMILES string of the molecule is CN1CCC(Nc2ncccc2S(C)(=O)=O)CC1. The summed E-state index contributed by atoms with van der Waals surface area (Å²) in [5.74, 6) is 0.481. The predicted octanol–water partition coefficient (Wildman–Crippen LogP) is 0.991. The van der Waals surface area contributed by atoms with Gasteiger partial charge in [0, 0.05) is 18.5 Å². The molecule has 18 heavy (non-hydrogen) atoms. The average Bonchev–Trinajstić information content (AvgIpc) is 2.31. The molecule has 0 aromatic carbocycles. The van der Waals surface area contributed by atoms with Crippen LogP contribution in [0.5, 0.6) is 0 Å². The first-order valence-corrected chi connectivity index (χ1v) is 7.96. The standard InChI is InChI=1S/C12H19N3O2S/c1-15-8-5-10(6-9-15)14-12-11(18(2,16)17)4-3-7-13-12/h3-4,7,10H,5-6,8-9H2,1-2H3,(H,13,14). The fourth-order valence-electron chi connectivity index (χ4n) is 2.14. The first-order valence-electron chi connectivity index (χ1n) is 6.07. The molecule has 0 amide bonds. The molecule has 5 nitrogen and oxygen atoms in total. The van der Waals surface area contributed by atoms with Crippen LogP contribution in [0.4, 0.5) is 5.82 Å². The lowest BCUT2D eigenvalue weighted by Gasteiger charge is -2.30. The molecule has 0 radical (unpaired) electrons. The van der Waals surface area contributed by atoms with E-state index in [4.69, 9.17) is 0 Å². The third kappa shape index (κ3) is 3.20. The Morgan fingerprint density at radius 3 is 2.67 bits per heavy atom. The molecule has 0 aliphatic carbocycles. The summed E-state index contributed by atoms with van der Waals surface area (Å²) in [7, 11) is -1.13. The van der Waals surface area contributed by atoms with Crippen LogP contribution >= 0.6 is 0 Å². The third-order valence-electron chi connectivity index (χ3n) is 3.23. The zero-order valence-corrected chi connectivity index (χ0v) is 11.6. The summed E-state index contributed by atoms with van der Waals surface area (Å²) in [5, 5.41) is 3.26. The van der Waals surface area contributed by atoms with Crippen LogP contribution in [0.15, 0.2) is 23.2 Å². The number of pyridine rings is 1. The zero-order valence-electron chi connectivity index (χ0n) is 10.8. The Balaban J connectivity index is 2.15. The second-order valence-electron chi connectivity index (χ2n) is 4.84. The Labute approximate surface area is 108 Å². The Kier molecular flexibility index (Phi) is 3.87. The van der Waals surface area contributed by atoms with Crippen molar-refractivity contribution in [3.8, 4) is 0 Å². The fourth-order valence-corrected chi connectivity index (χ4v) is 2.93. The largest absolute Gasteiger partial charge is 0.366 e. The molecule has 1 N–H and O–H groups in total. The molecule has 0 bridgehead atoms. The summed E-state index contributed by atoms with van der Waals surface area (Å²) in [6.07, 6.45) is 4.85. The first kappa shape index (κ1) is 13.3. The molecule has 1 aromatic rings. The van der Waals surface area contributed by atoms with E-state index in [1.54, 1.807) is 18.3 Å². The van der Waals surface area contributed by atoms with Gasteiger partial charge in [-0.15, -0.1) is 0 Å². The molecular weight excluding hydrogens is 250 g/mol. The van der Waals surface area contributed by atoms with E-state index < -0.39 is 9.84 Å². The van der Waals surface area contributed by atoms with E-state index >= 15 is 0 Å². The Morgan fingerprint density at radius 2 is 2.06 bits per heavy atom. The molecule has 1 aliphatic heterocycles. The van der Waals surface area contributed by atoms with E-state index in [1.165, 1.54) is 6.26 Å². The summed E-state index contributed by atoms with van der Waals surface area (Å²) in [5.41, 5.74) is 0. The van der Waals surface area contributed by atoms with Gasteiger partial charge in [0.05, 0.1) is 0 Å². The molecule has 1 aliphatic rings. The molecular formula is C12H19N3O2S. The van der Waals surface area contributed by atoms with E-state index in [1.807, 2.05) is 0 Å². The van der Waals surface area contributed by atoms with Crippen molar-refractivity contribution in [2.45, 2.75) is 23.8 Å². The minimum absolute atomic E-state index is 0.281. The number of hydrogen-bond donors (Lipinski definition) is 1. The fraction of sp³-hybridized carbons (Fsp3) is 0.583. The molecule has 2 heterocycles. The van der Waals surface area contributed by atoms with Gasteiger partial charge in [0.2, 0.25) is 0 Å². The van der Waals surface area contributed by atoms with Gasteiger partial charge in [0.1, 0.15) is 10.7 Å². The van der Waals surface area contributed by atoms with E-state index in [2.05, 4.69) is 22.2 Å². The highest BCUT2D eigenvalue weighted by Crippen LogP contribution is 2.21. The summed E-state index contributed by atoms with van der Waals surface area (Å²) >= 11 is 0. The summed E-state index contributed by atoms with van der Waals surface area (Å²) in [6.45, 7) is 2.05. The van der Waals surface area contributed by atoms with Crippen LogP contribution in [0.2, 0.25) is 0 Å². The number of nitrogens with one attached hydrogen (secondary N) is 1. The lowest BCUT2D eigenvalue weighted by Crippen LogP contribution is -2.37. The van der Waals surface area contributed by atoms with Crippen LogP contribution in [0, 0.1) is 0 Å². The van der Waals surface area contributed by atoms with Crippen LogP contribution in [-0.4, -0.2) is 50.7 Å². The molecule has 100 valence electrons. The van der Waals surface area contributed by atoms with Crippen molar-refractivity contribution in [1.82, 2.24) is 9.88 Å². The maximum absolute atomic E-state index is 11.7. The van der Waals surface area contributed by atoms with Gasteiger partial charge in [-0.25, -0.2) is 13.4 Å².